The van der Waals surface area contributed by atoms with Crippen LogP contribution in [0.5, 0.6) is 0 Å². The summed E-state index contributed by atoms with van der Waals surface area (Å²) < 4.78 is 32.2. The molecule has 26 heavy (non-hydrogen) atoms. The molecule has 0 fully saturated rings. The van der Waals surface area contributed by atoms with E-state index < -0.39 is 17.6 Å². The number of carbonyl (C=O) groups excluding carboxylic acids is 1. The molecule has 140 valence electrons. The molecule has 6 nitrogen and oxygen atoms in total. The Morgan fingerprint density at radius 2 is 2.08 bits per heavy atom. The quantitative estimate of drug-likeness (QED) is 0.775. The first-order valence-corrected chi connectivity index (χ1v) is 8.23. The van der Waals surface area contributed by atoms with Crippen LogP contribution in [-0.4, -0.2) is 39.5 Å². The van der Waals surface area contributed by atoms with Gasteiger partial charge < -0.3 is 14.4 Å². The number of nitrogens with zero attached hydrogens (tertiary/aromatic N) is 2. The van der Waals surface area contributed by atoms with E-state index in [1.807, 2.05) is 6.92 Å². The Morgan fingerprint density at radius 1 is 1.35 bits per heavy atom. The van der Waals surface area contributed by atoms with Gasteiger partial charge in [0.15, 0.2) is 11.7 Å². The van der Waals surface area contributed by atoms with E-state index in [0.717, 1.165) is 12.1 Å². The summed E-state index contributed by atoms with van der Waals surface area (Å²) in [5, 5.41) is 8.95. The van der Waals surface area contributed by atoms with Crippen molar-refractivity contribution in [3.8, 4) is 11.3 Å². The molecule has 1 amide bonds. The van der Waals surface area contributed by atoms with Crippen molar-refractivity contribution in [2.75, 3.05) is 6.54 Å². The molecule has 1 aromatic heterocycles. The van der Waals surface area contributed by atoms with E-state index in [0.29, 0.717) is 6.42 Å². The lowest BCUT2D eigenvalue weighted by Gasteiger charge is -2.26. The minimum Gasteiger partial charge on any atom is -0.480 e. The van der Waals surface area contributed by atoms with Crippen molar-refractivity contribution in [1.29, 1.82) is 0 Å². The lowest BCUT2D eigenvalue weighted by atomic mass is 10.2. The van der Waals surface area contributed by atoms with Crippen LogP contribution in [0.25, 0.3) is 11.3 Å². The predicted molar refractivity (Wildman–Crippen MR) is 89.3 cm³/mol. The van der Waals surface area contributed by atoms with Crippen LogP contribution in [0.1, 0.15) is 32.6 Å². The molecule has 1 heterocycles. The molecule has 0 bridgehead atoms. The number of amides is 1. The maximum atomic E-state index is 13.8. The fourth-order valence-corrected chi connectivity index (χ4v) is 2.45. The number of aryl methyl sites for hydroxylation is 1. The summed E-state index contributed by atoms with van der Waals surface area (Å²) >= 11 is 0. The van der Waals surface area contributed by atoms with Gasteiger partial charge in [-0.15, -0.1) is 0 Å². The van der Waals surface area contributed by atoms with E-state index in [1.54, 1.807) is 6.92 Å². The Labute approximate surface area is 149 Å². The van der Waals surface area contributed by atoms with Gasteiger partial charge >= 0.3 is 5.97 Å². The summed E-state index contributed by atoms with van der Waals surface area (Å²) in [5.74, 6) is -2.52. The standard InChI is InChI=1S/C18H20F2N2O4/c1-3-11(2)22(10-18(24)25)17(23)7-6-16-21-9-15(26-16)13-5-4-12(19)8-14(13)20/h4-5,8-9,11H,3,6-7,10H2,1-2H3,(H,24,25). The van der Waals surface area contributed by atoms with Crippen molar-refractivity contribution in [1.82, 2.24) is 9.88 Å². The van der Waals surface area contributed by atoms with Crippen LogP contribution < -0.4 is 0 Å². The number of carbonyl (C=O) groups is 2. The zero-order valence-electron chi connectivity index (χ0n) is 14.5. The first-order valence-electron chi connectivity index (χ1n) is 8.23. The van der Waals surface area contributed by atoms with Gasteiger partial charge in [0.25, 0.3) is 0 Å². The molecule has 0 aliphatic heterocycles. The van der Waals surface area contributed by atoms with Gasteiger partial charge in [-0.3, -0.25) is 9.59 Å². The van der Waals surface area contributed by atoms with Crippen molar-refractivity contribution < 1.29 is 27.9 Å². The van der Waals surface area contributed by atoms with Crippen LogP contribution in [-0.2, 0) is 16.0 Å². The van der Waals surface area contributed by atoms with Gasteiger partial charge in [-0.25, -0.2) is 13.8 Å². The number of rotatable bonds is 8. The fraction of sp³-hybridized carbons (Fsp3) is 0.389. The molecule has 0 spiro atoms. The molecular formula is C18H20F2N2O4. The average molecular weight is 366 g/mol. The lowest BCUT2D eigenvalue weighted by Crippen LogP contribution is -2.41. The molecule has 1 unspecified atom stereocenters. The Morgan fingerprint density at radius 3 is 2.69 bits per heavy atom. The third kappa shape index (κ3) is 4.87. The molecule has 2 rings (SSSR count). The first-order chi connectivity index (χ1) is 12.3. The molecule has 0 aliphatic rings. The van der Waals surface area contributed by atoms with E-state index in [4.69, 9.17) is 9.52 Å². The highest BCUT2D eigenvalue weighted by Crippen LogP contribution is 2.24. The Balaban J connectivity index is 2.04. The summed E-state index contributed by atoms with van der Waals surface area (Å²) in [5.41, 5.74) is 0.0728. The van der Waals surface area contributed by atoms with Crippen molar-refractivity contribution >= 4 is 11.9 Å². The number of halogens is 2. The Kier molecular flexibility index (Phi) is 6.43. The molecule has 0 saturated heterocycles. The third-order valence-electron chi connectivity index (χ3n) is 4.05. The van der Waals surface area contributed by atoms with Crippen LogP contribution in [0, 0.1) is 11.6 Å². The Hall–Kier alpha value is -2.77. The van der Waals surface area contributed by atoms with Gasteiger partial charge in [0.2, 0.25) is 5.91 Å². The number of aromatic nitrogens is 1. The highest BCUT2D eigenvalue weighted by molar-refractivity contribution is 5.81. The van der Waals surface area contributed by atoms with Crippen LogP contribution in [0.3, 0.4) is 0 Å². The van der Waals surface area contributed by atoms with Gasteiger partial charge in [-0.2, -0.15) is 0 Å². The summed E-state index contributed by atoms with van der Waals surface area (Å²) in [7, 11) is 0. The lowest BCUT2D eigenvalue weighted by molar-refractivity contribution is -0.146. The largest absolute Gasteiger partial charge is 0.480 e. The van der Waals surface area contributed by atoms with Crippen molar-refractivity contribution in [2.45, 2.75) is 39.2 Å². The highest BCUT2D eigenvalue weighted by atomic mass is 19.1. The molecule has 0 radical (unpaired) electrons. The third-order valence-corrected chi connectivity index (χ3v) is 4.05. The van der Waals surface area contributed by atoms with E-state index in [1.165, 1.54) is 17.2 Å². The number of carboxylic acids is 1. The van der Waals surface area contributed by atoms with Gasteiger partial charge in [0.05, 0.1) is 11.8 Å². The number of aliphatic carboxylic acids is 1. The SMILES string of the molecule is CCC(C)N(CC(=O)O)C(=O)CCc1ncc(-c2ccc(F)cc2F)o1. The zero-order chi connectivity index (χ0) is 19.3. The zero-order valence-corrected chi connectivity index (χ0v) is 14.5. The first kappa shape index (κ1) is 19.6. The summed E-state index contributed by atoms with van der Waals surface area (Å²) in [6.45, 7) is 3.28. The number of benzene rings is 1. The normalized spacial score (nSPS) is 12.0. The van der Waals surface area contributed by atoms with E-state index in [9.17, 15) is 18.4 Å². The maximum Gasteiger partial charge on any atom is 0.323 e. The summed E-state index contributed by atoms with van der Waals surface area (Å²) in [4.78, 5) is 28.5. The van der Waals surface area contributed by atoms with Gasteiger partial charge in [0, 0.05) is 24.9 Å². The van der Waals surface area contributed by atoms with E-state index >= 15 is 0 Å². The molecule has 2 aromatic rings. The molecule has 0 saturated carbocycles. The molecule has 0 aliphatic carbocycles. The average Bonchev–Trinajstić information content (AvgIpc) is 3.05. The predicted octanol–water partition coefficient (Wildman–Crippen LogP) is 3.26. The van der Waals surface area contributed by atoms with Crippen molar-refractivity contribution in [3.63, 3.8) is 0 Å². The number of oxazole rings is 1. The molecule has 1 aromatic carbocycles. The maximum absolute atomic E-state index is 13.8. The fourth-order valence-electron chi connectivity index (χ4n) is 2.45. The number of hydrogen-bond acceptors (Lipinski definition) is 4. The van der Waals surface area contributed by atoms with Crippen LogP contribution in [0.2, 0.25) is 0 Å². The summed E-state index contributed by atoms with van der Waals surface area (Å²) in [6, 6.07) is 2.90. The molecule has 1 N–H and O–H groups in total. The minimum atomic E-state index is -1.08. The molecule has 1 atom stereocenters. The van der Waals surface area contributed by atoms with Crippen LogP contribution in [0.15, 0.2) is 28.8 Å². The molecular weight excluding hydrogens is 346 g/mol. The Bertz CT molecular complexity index is 791. The highest BCUT2D eigenvalue weighted by Gasteiger charge is 2.22. The minimum absolute atomic E-state index is 0.0173. The van der Waals surface area contributed by atoms with Gasteiger partial charge in [-0.05, 0) is 25.5 Å². The van der Waals surface area contributed by atoms with E-state index in [2.05, 4.69) is 4.98 Å². The van der Waals surface area contributed by atoms with Crippen LogP contribution >= 0.6 is 0 Å². The smallest absolute Gasteiger partial charge is 0.323 e. The second-order valence-electron chi connectivity index (χ2n) is 5.92. The monoisotopic (exact) mass is 366 g/mol. The van der Waals surface area contributed by atoms with Crippen molar-refractivity contribution in [2.24, 2.45) is 0 Å². The second-order valence-corrected chi connectivity index (χ2v) is 5.92. The summed E-state index contributed by atoms with van der Waals surface area (Å²) in [6.07, 6.45) is 2.10. The number of carboxylic acid groups (broad SMARTS) is 1. The van der Waals surface area contributed by atoms with Crippen LogP contribution in [0.4, 0.5) is 8.78 Å². The van der Waals surface area contributed by atoms with Gasteiger partial charge in [0.1, 0.15) is 18.2 Å². The van der Waals surface area contributed by atoms with Crippen molar-refractivity contribution in [3.05, 3.63) is 41.9 Å². The molecule has 8 heteroatoms. The second kappa shape index (κ2) is 8.55. The van der Waals surface area contributed by atoms with E-state index in [-0.39, 0.29) is 48.5 Å². The topological polar surface area (TPSA) is 83.6 Å². The van der Waals surface area contributed by atoms with Gasteiger partial charge in [-0.1, -0.05) is 6.92 Å². The number of hydrogen-bond donors (Lipinski definition) is 1.